The van der Waals surface area contributed by atoms with Gasteiger partial charge in [-0.25, -0.2) is 0 Å². The van der Waals surface area contributed by atoms with Crippen molar-refractivity contribution in [3.05, 3.63) is 35.9 Å². The van der Waals surface area contributed by atoms with Crippen molar-refractivity contribution in [2.24, 2.45) is 0 Å². The minimum absolute atomic E-state index is 0.135. The number of Topliss-reactive ketones (excluding diaryl/α,β-unsaturated/α-hetero) is 1. The van der Waals surface area contributed by atoms with Crippen LogP contribution < -0.4 is 0 Å². The quantitative estimate of drug-likeness (QED) is 0.393. The number of nitrogens with zero attached hydrogens (tertiary/aromatic N) is 2. The van der Waals surface area contributed by atoms with Crippen LogP contribution in [0.25, 0.3) is 0 Å². The lowest BCUT2D eigenvalue weighted by Gasteiger charge is -2.07. The Balaban J connectivity index is 1.90. The number of rotatable bonds is 8. The Labute approximate surface area is 137 Å². The smallest absolute Gasteiger partial charge is 0.175 e. The lowest BCUT2D eigenvalue weighted by atomic mass is 10.1. The zero-order chi connectivity index (χ0) is 15.1. The topological polar surface area (TPSA) is 42.9 Å². The fourth-order valence-electron chi connectivity index (χ4n) is 1.65. The van der Waals surface area contributed by atoms with Gasteiger partial charge in [-0.3, -0.25) is 4.79 Å². The van der Waals surface area contributed by atoms with Crippen LogP contribution in [0.4, 0.5) is 0 Å². The normalized spacial score (nSPS) is 12.3. The number of aromatic nitrogens is 2. The van der Waals surface area contributed by atoms with E-state index in [1.54, 1.807) is 23.1 Å². The fraction of sp³-hybridized carbons (Fsp3) is 0.400. The highest BCUT2D eigenvalue weighted by molar-refractivity contribution is 8.03. The van der Waals surface area contributed by atoms with Gasteiger partial charge in [0, 0.05) is 11.3 Å². The van der Waals surface area contributed by atoms with Crippen LogP contribution in [-0.2, 0) is 0 Å². The van der Waals surface area contributed by atoms with Crippen molar-refractivity contribution >= 4 is 40.6 Å². The molecule has 0 saturated carbocycles. The number of benzene rings is 1. The van der Waals surface area contributed by atoms with E-state index in [4.69, 9.17) is 0 Å². The molecule has 3 nitrogen and oxygen atoms in total. The monoisotopic (exact) mass is 338 g/mol. The van der Waals surface area contributed by atoms with Crippen LogP contribution in [0.5, 0.6) is 0 Å². The average molecular weight is 339 g/mol. The maximum Gasteiger partial charge on any atom is 0.175 e. The number of unbranched alkanes of at least 4 members (excludes halogenated alkanes) is 1. The van der Waals surface area contributed by atoms with Crippen LogP contribution in [0.1, 0.15) is 37.0 Å². The largest absolute Gasteiger partial charge is 0.293 e. The summed E-state index contributed by atoms with van der Waals surface area (Å²) in [7, 11) is 0. The summed E-state index contributed by atoms with van der Waals surface area (Å²) in [6.07, 6.45) is 2.38. The molecule has 1 unspecified atom stereocenters. The summed E-state index contributed by atoms with van der Waals surface area (Å²) in [5.74, 6) is 1.21. The van der Waals surface area contributed by atoms with E-state index in [2.05, 4.69) is 17.1 Å². The molecule has 2 aromatic rings. The van der Waals surface area contributed by atoms with E-state index in [1.807, 2.05) is 37.3 Å². The zero-order valence-electron chi connectivity index (χ0n) is 12.1. The zero-order valence-corrected chi connectivity index (χ0v) is 14.6. The third kappa shape index (κ3) is 5.13. The minimum Gasteiger partial charge on any atom is -0.293 e. The maximum atomic E-state index is 12.3. The molecule has 6 heteroatoms. The number of carbonyl (C=O) groups excluding carboxylic acids is 1. The molecule has 0 aliphatic carbocycles. The molecule has 2 rings (SSSR count). The van der Waals surface area contributed by atoms with E-state index in [0.717, 1.165) is 20.0 Å². The molecule has 1 aromatic heterocycles. The van der Waals surface area contributed by atoms with Crippen molar-refractivity contribution in [1.29, 1.82) is 0 Å². The first-order chi connectivity index (χ1) is 10.2. The number of ketones is 1. The maximum absolute atomic E-state index is 12.3. The van der Waals surface area contributed by atoms with Gasteiger partial charge in [0.05, 0.1) is 5.25 Å². The Hall–Kier alpha value is -0.850. The Morgan fingerprint density at radius 3 is 2.67 bits per heavy atom. The standard InChI is InChI=1S/C15H18N2OS3/c1-3-4-10-19-14-16-17-15(21-14)20-11(2)13(18)12-8-6-5-7-9-12/h5-9,11H,3-4,10H2,1-2H3. The molecule has 0 radical (unpaired) electrons. The van der Waals surface area contributed by atoms with Gasteiger partial charge in [0.1, 0.15) is 0 Å². The highest BCUT2D eigenvalue weighted by Gasteiger charge is 2.18. The van der Waals surface area contributed by atoms with Gasteiger partial charge < -0.3 is 0 Å². The van der Waals surface area contributed by atoms with Gasteiger partial charge in [0.25, 0.3) is 0 Å². The van der Waals surface area contributed by atoms with Crippen molar-refractivity contribution in [3.8, 4) is 0 Å². The predicted molar refractivity (Wildman–Crippen MR) is 91.6 cm³/mol. The second kappa shape index (κ2) is 8.56. The Morgan fingerprint density at radius 1 is 1.24 bits per heavy atom. The number of carbonyl (C=O) groups is 1. The van der Waals surface area contributed by atoms with Gasteiger partial charge in [-0.1, -0.05) is 78.5 Å². The molecule has 0 N–H and O–H groups in total. The molecule has 0 fully saturated rings. The average Bonchev–Trinajstić information content (AvgIpc) is 2.95. The summed E-state index contributed by atoms with van der Waals surface area (Å²) in [5, 5.41) is 8.20. The number of hydrogen-bond acceptors (Lipinski definition) is 6. The van der Waals surface area contributed by atoms with Crippen molar-refractivity contribution in [2.45, 2.75) is 40.6 Å². The van der Waals surface area contributed by atoms with E-state index >= 15 is 0 Å². The van der Waals surface area contributed by atoms with Crippen LogP contribution in [-0.4, -0.2) is 27.0 Å². The van der Waals surface area contributed by atoms with Gasteiger partial charge in [-0.05, 0) is 13.3 Å². The molecule has 0 bridgehead atoms. The molecule has 0 aliphatic rings. The van der Waals surface area contributed by atoms with Crippen molar-refractivity contribution in [3.63, 3.8) is 0 Å². The molecule has 21 heavy (non-hydrogen) atoms. The van der Waals surface area contributed by atoms with E-state index in [0.29, 0.717) is 0 Å². The molecular formula is C15H18N2OS3. The molecule has 1 aromatic carbocycles. The summed E-state index contributed by atoms with van der Waals surface area (Å²) in [4.78, 5) is 12.3. The van der Waals surface area contributed by atoms with E-state index < -0.39 is 0 Å². The number of thioether (sulfide) groups is 2. The van der Waals surface area contributed by atoms with Crippen molar-refractivity contribution < 1.29 is 4.79 Å². The SMILES string of the molecule is CCCCSc1nnc(SC(C)C(=O)c2ccccc2)s1. The molecule has 1 heterocycles. The van der Waals surface area contributed by atoms with Gasteiger partial charge in [0.15, 0.2) is 14.5 Å². The Morgan fingerprint density at radius 2 is 1.95 bits per heavy atom. The van der Waals surface area contributed by atoms with Crippen LogP contribution in [0.3, 0.4) is 0 Å². The first-order valence-corrected chi connectivity index (χ1v) is 9.61. The van der Waals surface area contributed by atoms with Crippen molar-refractivity contribution in [1.82, 2.24) is 10.2 Å². The van der Waals surface area contributed by atoms with E-state index in [-0.39, 0.29) is 11.0 Å². The van der Waals surface area contributed by atoms with Gasteiger partial charge in [-0.15, -0.1) is 10.2 Å². The Bertz CT molecular complexity index is 571. The molecule has 0 saturated heterocycles. The molecule has 0 aliphatic heterocycles. The highest BCUT2D eigenvalue weighted by Crippen LogP contribution is 2.32. The summed E-state index contributed by atoms with van der Waals surface area (Å²) < 4.78 is 1.86. The first-order valence-electron chi connectivity index (χ1n) is 6.93. The minimum atomic E-state index is -0.145. The number of hydrogen-bond donors (Lipinski definition) is 0. The third-order valence-corrected chi connectivity index (χ3v) is 6.14. The van der Waals surface area contributed by atoms with E-state index in [1.165, 1.54) is 24.6 Å². The molecule has 0 spiro atoms. The van der Waals surface area contributed by atoms with Crippen LogP contribution in [0, 0.1) is 0 Å². The second-order valence-corrected chi connectivity index (χ2v) is 8.43. The van der Waals surface area contributed by atoms with Gasteiger partial charge in [0.2, 0.25) is 0 Å². The summed E-state index contributed by atoms with van der Waals surface area (Å²) in [6.45, 7) is 4.10. The molecule has 0 amide bonds. The third-order valence-electron chi connectivity index (χ3n) is 2.82. The van der Waals surface area contributed by atoms with Crippen LogP contribution >= 0.6 is 34.9 Å². The molecular weight excluding hydrogens is 320 g/mol. The molecule has 112 valence electrons. The lowest BCUT2D eigenvalue weighted by molar-refractivity contribution is 0.0994. The first kappa shape index (κ1) is 16.5. The van der Waals surface area contributed by atoms with Crippen molar-refractivity contribution in [2.75, 3.05) is 5.75 Å². The second-order valence-electron chi connectivity index (χ2n) is 4.53. The Kier molecular flexibility index (Phi) is 6.73. The fourth-order valence-corrected chi connectivity index (χ4v) is 5.04. The lowest BCUT2D eigenvalue weighted by Crippen LogP contribution is -2.13. The van der Waals surface area contributed by atoms with Gasteiger partial charge in [-0.2, -0.15) is 0 Å². The summed E-state index contributed by atoms with van der Waals surface area (Å²) in [6, 6.07) is 9.40. The van der Waals surface area contributed by atoms with Gasteiger partial charge >= 0.3 is 0 Å². The summed E-state index contributed by atoms with van der Waals surface area (Å²) in [5.41, 5.74) is 0.750. The summed E-state index contributed by atoms with van der Waals surface area (Å²) >= 11 is 4.81. The van der Waals surface area contributed by atoms with Crippen LogP contribution in [0.15, 0.2) is 39.0 Å². The molecule has 1 atom stereocenters. The predicted octanol–water partition coefficient (Wildman–Crippen LogP) is 4.79. The highest BCUT2D eigenvalue weighted by atomic mass is 32.2. The van der Waals surface area contributed by atoms with Crippen LogP contribution in [0.2, 0.25) is 0 Å². The van der Waals surface area contributed by atoms with E-state index in [9.17, 15) is 4.79 Å².